The maximum absolute atomic E-state index is 14.1. The second kappa shape index (κ2) is 9.66. The number of hydrogen-bond acceptors (Lipinski definition) is 5. The Kier molecular flexibility index (Phi) is 6.81. The van der Waals surface area contributed by atoms with E-state index in [9.17, 15) is 18.7 Å². The lowest BCUT2D eigenvalue weighted by molar-refractivity contribution is 0.0253. The third kappa shape index (κ3) is 5.62. The predicted molar refractivity (Wildman–Crippen MR) is 130 cm³/mol. The molecule has 0 amide bonds. The van der Waals surface area contributed by atoms with Gasteiger partial charge in [0, 0.05) is 29.8 Å². The normalized spacial score (nSPS) is 14.7. The molecule has 0 aromatic heterocycles. The lowest BCUT2D eigenvalue weighted by atomic mass is 9.73. The van der Waals surface area contributed by atoms with Gasteiger partial charge in [-0.2, -0.15) is 0 Å². The number of fused-ring (bicyclic) bond motifs is 1. The number of carbonyl (C=O) groups is 1. The number of anilines is 1. The molecule has 184 valence electrons. The molecule has 3 aromatic rings. The molecule has 1 aliphatic rings. The summed E-state index contributed by atoms with van der Waals surface area (Å²) in [7, 11) is 1.52. The van der Waals surface area contributed by atoms with Gasteiger partial charge >= 0.3 is 5.97 Å². The van der Waals surface area contributed by atoms with Gasteiger partial charge in [-0.05, 0) is 65.9 Å². The molecule has 1 atom stereocenters. The van der Waals surface area contributed by atoms with Crippen molar-refractivity contribution in [1.29, 1.82) is 0 Å². The maximum Gasteiger partial charge on any atom is 0.338 e. The Bertz CT molecular complexity index is 1240. The molecule has 5 nitrogen and oxygen atoms in total. The van der Waals surface area contributed by atoms with Crippen molar-refractivity contribution in [3.8, 4) is 5.75 Å². The Hall–Kier alpha value is -3.45. The van der Waals surface area contributed by atoms with E-state index in [1.165, 1.54) is 31.4 Å². The smallest absolute Gasteiger partial charge is 0.338 e. The van der Waals surface area contributed by atoms with Crippen molar-refractivity contribution in [3.63, 3.8) is 0 Å². The molecule has 0 fully saturated rings. The van der Waals surface area contributed by atoms with E-state index in [1.807, 2.05) is 19.9 Å². The minimum atomic E-state index is -1.33. The standard InChI is InChI=1S/C28H29F2NO4/c1-27(2,24-13-21(30)7-10-25(24)34-3)16-28(33,14-18-5-4-6-20(29)11-18)17-31-22-8-9-23-19(12-22)15-35-26(23)32/h4-13,31,33H,14-17H2,1-3H3. The molecule has 0 saturated heterocycles. The van der Waals surface area contributed by atoms with Gasteiger partial charge in [-0.1, -0.05) is 26.0 Å². The topological polar surface area (TPSA) is 67.8 Å². The van der Waals surface area contributed by atoms with Gasteiger partial charge in [0.25, 0.3) is 0 Å². The number of nitrogens with one attached hydrogen (secondary N) is 1. The number of halogens is 2. The van der Waals surface area contributed by atoms with E-state index in [0.717, 1.165) is 11.3 Å². The minimum Gasteiger partial charge on any atom is -0.496 e. The lowest BCUT2D eigenvalue weighted by Crippen LogP contribution is -2.44. The summed E-state index contributed by atoms with van der Waals surface area (Å²) in [6.07, 6.45) is 0.404. The summed E-state index contributed by atoms with van der Waals surface area (Å²) >= 11 is 0. The van der Waals surface area contributed by atoms with E-state index < -0.39 is 16.8 Å². The van der Waals surface area contributed by atoms with E-state index in [1.54, 1.807) is 30.3 Å². The fourth-order valence-electron chi connectivity index (χ4n) is 4.85. The highest BCUT2D eigenvalue weighted by Gasteiger charge is 2.37. The largest absolute Gasteiger partial charge is 0.496 e. The summed E-state index contributed by atoms with van der Waals surface area (Å²) in [6.45, 7) is 4.18. The van der Waals surface area contributed by atoms with Gasteiger partial charge < -0.3 is 19.9 Å². The lowest BCUT2D eigenvalue weighted by Gasteiger charge is -2.38. The Morgan fingerprint density at radius 1 is 1.06 bits per heavy atom. The van der Waals surface area contributed by atoms with E-state index in [0.29, 0.717) is 22.4 Å². The van der Waals surface area contributed by atoms with Crippen LogP contribution in [0.15, 0.2) is 60.7 Å². The molecule has 0 spiro atoms. The van der Waals surface area contributed by atoms with E-state index in [-0.39, 0.29) is 37.8 Å². The van der Waals surface area contributed by atoms with Crippen LogP contribution in [0.2, 0.25) is 0 Å². The van der Waals surface area contributed by atoms with Gasteiger partial charge in [0.15, 0.2) is 0 Å². The SMILES string of the molecule is COc1ccc(F)cc1C(C)(C)CC(O)(CNc1ccc2c(c1)COC2=O)Cc1cccc(F)c1. The van der Waals surface area contributed by atoms with Crippen molar-refractivity contribution in [1.82, 2.24) is 0 Å². The molecule has 0 aliphatic carbocycles. The van der Waals surface area contributed by atoms with Gasteiger partial charge in [-0.3, -0.25) is 0 Å². The Morgan fingerprint density at radius 3 is 2.57 bits per heavy atom. The third-order valence-electron chi connectivity index (χ3n) is 6.39. The monoisotopic (exact) mass is 481 g/mol. The van der Waals surface area contributed by atoms with Crippen LogP contribution in [0.3, 0.4) is 0 Å². The van der Waals surface area contributed by atoms with Crippen molar-refractivity contribution in [2.45, 2.75) is 44.3 Å². The molecule has 1 heterocycles. The second-order valence-corrected chi connectivity index (χ2v) is 9.74. The zero-order valence-corrected chi connectivity index (χ0v) is 20.0. The summed E-state index contributed by atoms with van der Waals surface area (Å²) < 4.78 is 38.6. The van der Waals surface area contributed by atoms with Crippen molar-refractivity contribution < 1.29 is 28.2 Å². The molecule has 0 saturated carbocycles. The number of carbonyl (C=O) groups excluding carboxylic acids is 1. The number of aliphatic hydroxyl groups is 1. The average molecular weight is 482 g/mol. The Balaban J connectivity index is 1.62. The van der Waals surface area contributed by atoms with Crippen LogP contribution in [-0.2, 0) is 23.2 Å². The van der Waals surface area contributed by atoms with Crippen LogP contribution in [0, 0.1) is 11.6 Å². The highest BCUT2D eigenvalue weighted by Crippen LogP contribution is 2.39. The van der Waals surface area contributed by atoms with Crippen molar-refractivity contribution in [3.05, 3.63) is 94.6 Å². The molecular formula is C28H29F2NO4. The fourth-order valence-corrected chi connectivity index (χ4v) is 4.85. The molecular weight excluding hydrogens is 452 g/mol. The van der Waals surface area contributed by atoms with Crippen LogP contribution in [-0.4, -0.2) is 30.3 Å². The van der Waals surface area contributed by atoms with E-state index in [2.05, 4.69) is 5.32 Å². The summed E-state index contributed by atoms with van der Waals surface area (Å²) in [5.41, 5.74) is 1.29. The number of ether oxygens (including phenoxy) is 2. The maximum atomic E-state index is 14.1. The number of hydrogen-bond donors (Lipinski definition) is 2. The van der Waals surface area contributed by atoms with Crippen molar-refractivity contribution in [2.75, 3.05) is 19.0 Å². The van der Waals surface area contributed by atoms with Gasteiger partial charge in [0.1, 0.15) is 24.0 Å². The predicted octanol–water partition coefficient (Wildman–Crippen LogP) is 5.40. The van der Waals surface area contributed by atoms with Crippen LogP contribution in [0.4, 0.5) is 14.5 Å². The number of methoxy groups -OCH3 is 1. The molecule has 0 bridgehead atoms. The first-order valence-corrected chi connectivity index (χ1v) is 11.4. The van der Waals surface area contributed by atoms with Gasteiger partial charge in [-0.25, -0.2) is 13.6 Å². The molecule has 35 heavy (non-hydrogen) atoms. The highest BCUT2D eigenvalue weighted by molar-refractivity contribution is 5.93. The Morgan fingerprint density at radius 2 is 1.83 bits per heavy atom. The first-order valence-electron chi connectivity index (χ1n) is 11.4. The number of rotatable bonds is 9. The Labute approximate surface area is 203 Å². The summed E-state index contributed by atoms with van der Waals surface area (Å²) in [4.78, 5) is 11.7. The third-order valence-corrected chi connectivity index (χ3v) is 6.39. The molecule has 3 aromatic carbocycles. The zero-order valence-electron chi connectivity index (χ0n) is 20.0. The molecule has 4 rings (SSSR count). The molecule has 1 unspecified atom stereocenters. The van der Waals surface area contributed by atoms with Crippen molar-refractivity contribution in [2.24, 2.45) is 0 Å². The van der Waals surface area contributed by atoms with E-state index in [4.69, 9.17) is 9.47 Å². The van der Waals surface area contributed by atoms with Crippen LogP contribution < -0.4 is 10.1 Å². The molecule has 7 heteroatoms. The van der Waals surface area contributed by atoms with Crippen LogP contribution in [0.1, 0.15) is 47.3 Å². The zero-order chi connectivity index (χ0) is 25.2. The van der Waals surface area contributed by atoms with E-state index >= 15 is 0 Å². The molecule has 2 N–H and O–H groups in total. The first-order chi connectivity index (χ1) is 16.6. The minimum absolute atomic E-state index is 0.137. The van der Waals surface area contributed by atoms with Crippen molar-refractivity contribution >= 4 is 11.7 Å². The van der Waals surface area contributed by atoms with Gasteiger partial charge in [0.2, 0.25) is 0 Å². The molecule has 0 radical (unpaired) electrons. The van der Waals surface area contributed by atoms with Crippen LogP contribution in [0.25, 0.3) is 0 Å². The van der Waals surface area contributed by atoms with Crippen LogP contribution >= 0.6 is 0 Å². The summed E-state index contributed by atoms with van der Waals surface area (Å²) in [6, 6.07) is 15.7. The van der Waals surface area contributed by atoms with Crippen LogP contribution in [0.5, 0.6) is 5.75 Å². The number of esters is 1. The quantitative estimate of drug-likeness (QED) is 0.401. The number of cyclic esters (lactones) is 1. The van der Waals surface area contributed by atoms with Gasteiger partial charge in [0.05, 0.1) is 18.3 Å². The summed E-state index contributed by atoms with van der Waals surface area (Å²) in [5.74, 6) is -0.594. The fraction of sp³-hybridized carbons (Fsp3) is 0.321. The highest BCUT2D eigenvalue weighted by atomic mass is 19.1. The second-order valence-electron chi connectivity index (χ2n) is 9.74. The molecule has 1 aliphatic heterocycles. The van der Waals surface area contributed by atoms with Gasteiger partial charge in [-0.15, -0.1) is 0 Å². The average Bonchev–Trinajstić information content (AvgIpc) is 3.17. The number of benzene rings is 3. The summed E-state index contributed by atoms with van der Waals surface area (Å²) in [5, 5.41) is 15.1. The first kappa shape index (κ1) is 24.7.